The number of unbranched alkanes of at least 4 members (excludes halogenated alkanes) is 6. The van der Waals surface area contributed by atoms with Crippen LogP contribution in [0.2, 0.25) is 0 Å². The van der Waals surface area contributed by atoms with Crippen LogP contribution in [0.25, 0.3) is 5.76 Å². The number of nitrogens with zero attached hydrogens (tertiary/aromatic N) is 1. The van der Waals surface area contributed by atoms with E-state index in [4.69, 9.17) is 0 Å². The molecule has 1 aliphatic carbocycles. The second-order valence-corrected chi connectivity index (χ2v) is 5.79. The minimum absolute atomic E-state index is 0.0592. The van der Waals surface area contributed by atoms with E-state index < -0.39 is 0 Å². The minimum Gasteiger partial charge on any atom is -0.506 e. The number of aliphatic imine (C=N–C) groups is 1. The van der Waals surface area contributed by atoms with E-state index >= 15 is 0 Å². The van der Waals surface area contributed by atoms with Gasteiger partial charge in [0.15, 0.2) is 5.78 Å². The number of rotatable bonds is 9. The SMILES string of the molecule is CCCCCCCCCN=CC1=C(O)c2ccccc2C1=O. The summed E-state index contributed by atoms with van der Waals surface area (Å²) in [5.41, 5.74) is 1.51. The van der Waals surface area contributed by atoms with Gasteiger partial charge in [-0.15, -0.1) is 0 Å². The van der Waals surface area contributed by atoms with E-state index in [0.717, 1.165) is 6.42 Å². The maximum Gasteiger partial charge on any atom is 0.199 e. The number of aliphatic hydroxyl groups is 1. The largest absolute Gasteiger partial charge is 0.506 e. The van der Waals surface area contributed by atoms with Gasteiger partial charge < -0.3 is 5.11 Å². The van der Waals surface area contributed by atoms with Crippen molar-refractivity contribution in [3.05, 3.63) is 41.0 Å². The summed E-state index contributed by atoms with van der Waals surface area (Å²) >= 11 is 0. The molecular weight excluding hydrogens is 274 g/mol. The van der Waals surface area contributed by atoms with Gasteiger partial charge in [0.05, 0.1) is 5.57 Å². The first-order valence-electron chi connectivity index (χ1n) is 8.33. The fraction of sp³-hybridized carbons (Fsp3) is 0.474. The van der Waals surface area contributed by atoms with Gasteiger partial charge in [0.2, 0.25) is 0 Å². The summed E-state index contributed by atoms with van der Waals surface area (Å²) in [5.74, 6) is -0.0691. The lowest BCUT2D eigenvalue weighted by Gasteiger charge is -1.99. The molecule has 0 unspecified atom stereocenters. The predicted octanol–water partition coefficient (Wildman–Crippen LogP) is 4.97. The Morgan fingerprint density at radius 3 is 2.32 bits per heavy atom. The lowest BCUT2D eigenvalue weighted by Crippen LogP contribution is -2.00. The van der Waals surface area contributed by atoms with Crippen molar-refractivity contribution in [1.82, 2.24) is 0 Å². The number of hydrogen-bond acceptors (Lipinski definition) is 3. The van der Waals surface area contributed by atoms with Crippen molar-refractivity contribution in [2.45, 2.75) is 51.9 Å². The van der Waals surface area contributed by atoms with Crippen LogP contribution < -0.4 is 0 Å². The number of hydrogen-bond donors (Lipinski definition) is 1. The Balaban J connectivity index is 1.75. The van der Waals surface area contributed by atoms with Gasteiger partial charge in [-0.3, -0.25) is 9.79 Å². The van der Waals surface area contributed by atoms with Gasteiger partial charge in [-0.2, -0.15) is 0 Å². The molecule has 3 nitrogen and oxygen atoms in total. The number of aliphatic hydroxyl groups excluding tert-OH is 1. The van der Waals surface area contributed by atoms with Crippen LogP contribution >= 0.6 is 0 Å². The molecular formula is C19H25NO2. The summed E-state index contributed by atoms with van der Waals surface area (Å²) in [6.07, 6.45) is 10.2. The molecule has 0 radical (unpaired) electrons. The third-order valence-electron chi connectivity index (χ3n) is 4.04. The molecule has 0 atom stereocenters. The topological polar surface area (TPSA) is 49.7 Å². The number of benzene rings is 1. The first-order chi connectivity index (χ1) is 10.8. The third-order valence-corrected chi connectivity index (χ3v) is 4.04. The Morgan fingerprint density at radius 1 is 1.00 bits per heavy atom. The molecule has 1 aromatic carbocycles. The number of carbonyl (C=O) groups excluding carboxylic acids is 1. The molecule has 0 fully saturated rings. The molecule has 2 rings (SSSR count). The highest BCUT2D eigenvalue weighted by Gasteiger charge is 2.27. The standard InChI is InChI=1S/C19H25NO2/c1-2-3-4-5-6-7-10-13-20-14-17-18(21)15-11-8-9-12-16(15)19(17)22/h8-9,11-12,14,21H,2-7,10,13H2,1H3. The minimum atomic E-state index is -0.128. The highest BCUT2D eigenvalue weighted by Crippen LogP contribution is 2.29. The normalized spacial score (nSPS) is 14.1. The maximum absolute atomic E-state index is 12.2. The number of carbonyl (C=O) groups is 1. The molecule has 0 aliphatic heterocycles. The molecule has 0 heterocycles. The van der Waals surface area contributed by atoms with Gasteiger partial charge in [0.1, 0.15) is 5.76 Å². The van der Waals surface area contributed by atoms with Crippen LogP contribution in [0.3, 0.4) is 0 Å². The van der Waals surface area contributed by atoms with E-state index in [1.165, 1.54) is 44.7 Å². The first kappa shape index (κ1) is 16.5. The zero-order valence-corrected chi connectivity index (χ0v) is 13.3. The highest BCUT2D eigenvalue weighted by molar-refractivity contribution is 6.30. The summed E-state index contributed by atoms with van der Waals surface area (Å²) in [6, 6.07) is 7.13. The molecule has 22 heavy (non-hydrogen) atoms. The van der Waals surface area contributed by atoms with Crippen molar-refractivity contribution in [3.63, 3.8) is 0 Å². The highest BCUT2D eigenvalue weighted by atomic mass is 16.3. The summed E-state index contributed by atoms with van der Waals surface area (Å²) in [5, 5.41) is 10.1. The summed E-state index contributed by atoms with van der Waals surface area (Å²) in [4.78, 5) is 16.5. The number of fused-ring (bicyclic) bond motifs is 1. The maximum atomic E-state index is 12.2. The Morgan fingerprint density at radius 2 is 1.64 bits per heavy atom. The molecule has 0 spiro atoms. The molecule has 0 amide bonds. The van der Waals surface area contributed by atoms with Crippen LogP contribution in [-0.4, -0.2) is 23.6 Å². The number of allylic oxidation sites excluding steroid dienone is 1. The molecule has 0 bridgehead atoms. The van der Waals surface area contributed by atoms with E-state index in [9.17, 15) is 9.90 Å². The Labute approximate surface area is 132 Å². The third kappa shape index (κ3) is 4.06. The molecule has 0 aromatic heterocycles. The van der Waals surface area contributed by atoms with E-state index in [0.29, 0.717) is 23.2 Å². The molecule has 1 N–H and O–H groups in total. The lowest BCUT2D eigenvalue weighted by atomic mass is 10.1. The average molecular weight is 299 g/mol. The fourth-order valence-electron chi connectivity index (χ4n) is 2.72. The van der Waals surface area contributed by atoms with Crippen molar-refractivity contribution in [1.29, 1.82) is 0 Å². The molecule has 118 valence electrons. The van der Waals surface area contributed by atoms with Crippen LogP contribution in [-0.2, 0) is 0 Å². The van der Waals surface area contributed by atoms with Gasteiger partial charge in [0, 0.05) is 23.9 Å². The van der Waals surface area contributed by atoms with Gasteiger partial charge in [-0.25, -0.2) is 0 Å². The van der Waals surface area contributed by atoms with Crippen LogP contribution in [0, 0.1) is 0 Å². The number of ketones is 1. The predicted molar refractivity (Wildman–Crippen MR) is 91.7 cm³/mol. The van der Waals surface area contributed by atoms with Crippen molar-refractivity contribution in [2.24, 2.45) is 4.99 Å². The quantitative estimate of drug-likeness (QED) is 0.517. The summed E-state index contributed by atoms with van der Waals surface area (Å²) in [6.45, 7) is 2.94. The van der Waals surface area contributed by atoms with E-state index in [1.807, 2.05) is 12.1 Å². The van der Waals surface area contributed by atoms with Gasteiger partial charge in [-0.05, 0) is 6.42 Å². The van der Waals surface area contributed by atoms with Crippen molar-refractivity contribution >= 4 is 17.8 Å². The molecule has 0 saturated heterocycles. The fourth-order valence-corrected chi connectivity index (χ4v) is 2.72. The van der Waals surface area contributed by atoms with Crippen LogP contribution in [0.5, 0.6) is 0 Å². The Bertz CT molecular complexity index is 573. The second kappa shape index (κ2) is 8.52. The molecule has 1 aromatic rings. The Kier molecular flexibility index (Phi) is 6.38. The van der Waals surface area contributed by atoms with Crippen LogP contribution in [0.4, 0.5) is 0 Å². The zero-order valence-electron chi connectivity index (χ0n) is 13.3. The lowest BCUT2D eigenvalue weighted by molar-refractivity contribution is 0.104. The summed E-state index contributed by atoms with van der Waals surface area (Å²) < 4.78 is 0. The first-order valence-corrected chi connectivity index (χ1v) is 8.33. The molecule has 3 heteroatoms. The van der Waals surface area contributed by atoms with Crippen molar-refractivity contribution < 1.29 is 9.90 Å². The van der Waals surface area contributed by atoms with Gasteiger partial charge >= 0.3 is 0 Å². The van der Waals surface area contributed by atoms with E-state index in [1.54, 1.807) is 12.1 Å². The molecule has 1 aliphatic rings. The van der Waals surface area contributed by atoms with E-state index in [2.05, 4.69) is 11.9 Å². The smallest absolute Gasteiger partial charge is 0.199 e. The monoisotopic (exact) mass is 299 g/mol. The van der Waals surface area contributed by atoms with Gasteiger partial charge in [-0.1, -0.05) is 69.7 Å². The Hall–Kier alpha value is -1.90. The van der Waals surface area contributed by atoms with Crippen LogP contribution in [0.15, 0.2) is 34.8 Å². The van der Waals surface area contributed by atoms with Crippen LogP contribution in [0.1, 0.15) is 67.8 Å². The average Bonchev–Trinajstić information content (AvgIpc) is 2.78. The van der Waals surface area contributed by atoms with Gasteiger partial charge in [0.25, 0.3) is 0 Å². The van der Waals surface area contributed by atoms with E-state index in [-0.39, 0.29) is 11.5 Å². The number of Topliss-reactive ketones (excluding diaryl/α,β-unsaturated/α-hetero) is 1. The van der Waals surface area contributed by atoms with Crippen molar-refractivity contribution in [3.8, 4) is 0 Å². The zero-order chi connectivity index (χ0) is 15.8. The second-order valence-electron chi connectivity index (χ2n) is 5.79. The summed E-state index contributed by atoms with van der Waals surface area (Å²) in [7, 11) is 0. The van der Waals surface area contributed by atoms with Crippen molar-refractivity contribution in [2.75, 3.05) is 6.54 Å². The molecule has 0 saturated carbocycles.